The van der Waals surface area contributed by atoms with Crippen molar-refractivity contribution in [3.8, 4) is 0 Å². The molecule has 1 unspecified atom stereocenters. The minimum Gasteiger partial charge on any atom is -0.750 e. The topological polar surface area (TPSA) is 121 Å². The smallest absolute Gasteiger partial charge is 0.232 e. The number of aryl methyl sites for hydroxylation is 2. The summed E-state index contributed by atoms with van der Waals surface area (Å²) in [5.74, 6) is 0.590. The lowest BCUT2D eigenvalue weighted by Crippen LogP contribution is -2.43. The van der Waals surface area contributed by atoms with Gasteiger partial charge in [0.2, 0.25) is 5.91 Å². The van der Waals surface area contributed by atoms with E-state index in [4.69, 9.17) is 19.0 Å². The molecule has 0 aliphatic heterocycles. The van der Waals surface area contributed by atoms with Gasteiger partial charge in [-0.25, -0.2) is 9.19 Å². The van der Waals surface area contributed by atoms with Crippen molar-refractivity contribution in [3.05, 3.63) is 90.0 Å². The van der Waals surface area contributed by atoms with E-state index in [1.807, 2.05) is 78.4 Å². The second-order valence-electron chi connectivity index (χ2n) is 6.14. The maximum Gasteiger partial charge on any atom is 0.232 e. The van der Waals surface area contributed by atoms with Crippen LogP contribution in [-0.2, 0) is 28.1 Å². The van der Waals surface area contributed by atoms with Gasteiger partial charge in [-0.3, -0.25) is 4.79 Å². The number of nitrogens with zero attached hydrogens (tertiary/aromatic N) is 2. The predicted molar refractivity (Wildman–Crippen MR) is 106 cm³/mol. The monoisotopic (exact) mass is 400 g/mol. The Bertz CT molecular complexity index is 870. The van der Waals surface area contributed by atoms with Gasteiger partial charge in [-0.2, -0.15) is 0 Å². The molecule has 1 aromatic heterocycles. The fourth-order valence-corrected chi connectivity index (χ4v) is 3.24. The van der Waals surface area contributed by atoms with Gasteiger partial charge >= 0.3 is 0 Å². The summed E-state index contributed by atoms with van der Waals surface area (Å²) in [6.07, 6.45) is 4.27. The van der Waals surface area contributed by atoms with Crippen LogP contribution in [0, 0.1) is 6.92 Å². The molecule has 3 rings (SSSR count). The molecule has 0 aliphatic rings. The van der Waals surface area contributed by atoms with Crippen molar-refractivity contribution in [1.29, 1.82) is 0 Å². The molecule has 0 spiro atoms. The third kappa shape index (κ3) is 5.13. The van der Waals surface area contributed by atoms with Crippen molar-refractivity contribution in [2.75, 3.05) is 0 Å². The first-order valence-electron chi connectivity index (χ1n) is 8.55. The molecule has 1 amide bonds. The molecule has 0 bridgehead atoms. The van der Waals surface area contributed by atoms with E-state index >= 15 is 0 Å². The minimum absolute atomic E-state index is 0.335. The van der Waals surface area contributed by atoms with Gasteiger partial charge in [0.15, 0.2) is 0 Å². The number of amides is 1. The van der Waals surface area contributed by atoms with E-state index in [0.29, 0.717) is 13.0 Å². The van der Waals surface area contributed by atoms with Gasteiger partial charge in [0, 0.05) is 18.9 Å². The highest BCUT2D eigenvalue weighted by Crippen LogP contribution is 2.36. The molecule has 0 radical (unpaired) electrons. The standard InChI is InChI=1S/C20H21N3O.H2O3S/c1-16-22-13-15-23(16)14-12-20(19(21)24,17-8-4-2-5-9-17)18-10-6-3-7-11-18;1-4(2)3/h2-11,13,15H,12,14H2,1H3,(H2,21,24);(H2,1,2,3)/p-1. The van der Waals surface area contributed by atoms with Crippen molar-refractivity contribution >= 4 is 17.3 Å². The van der Waals surface area contributed by atoms with Gasteiger partial charge < -0.3 is 19.4 Å². The SMILES string of the molecule is Cc1nccn1CCC(C(N)=O)(c1ccccc1)c1ccccc1.O=S([O-])O. The lowest BCUT2D eigenvalue weighted by atomic mass is 9.71. The number of nitrogens with two attached hydrogens (primary N) is 1. The average Bonchev–Trinajstić information content (AvgIpc) is 3.08. The molecule has 0 aliphatic carbocycles. The summed E-state index contributed by atoms with van der Waals surface area (Å²) in [5.41, 5.74) is 6.92. The highest BCUT2D eigenvalue weighted by molar-refractivity contribution is 7.73. The van der Waals surface area contributed by atoms with Gasteiger partial charge in [0.05, 0.1) is 11.4 Å². The first kappa shape index (κ1) is 21.5. The molecule has 0 fully saturated rings. The van der Waals surface area contributed by atoms with Crippen LogP contribution in [0.25, 0.3) is 0 Å². The van der Waals surface area contributed by atoms with Crippen LogP contribution in [-0.4, -0.2) is 28.8 Å². The first-order chi connectivity index (χ1) is 13.4. The fraction of sp³-hybridized carbons (Fsp3) is 0.200. The zero-order valence-corrected chi connectivity index (χ0v) is 16.2. The lowest BCUT2D eigenvalue weighted by Gasteiger charge is -2.32. The quantitative estimate of drug-likeness (QED) is 0.615. The van der Waals surface area contributed by atoms with Crippen LogP contribution >= 0.6 is 0 Å². The summed E-state index contributed by atoms with van der Waals surface area (Å²) < 4.78 is 26.1. The molecule has 28 heavy (non-hydrogen) atoms. The largest absolute Gasteiger partial charge is 0.750 e. The molecule has 3 N–H and O–H groups in total. The summed E-state index contributed by atoms with van der Waals surface area (Å²) in [6.45, 7) is 2.62. The number of carbonyl (C=O) groups excluding carboxylic acids is 1. The Labute approximate surface area is 166 Å². The summed E-state index contributed by atoms with van der Waals surface area (Å²) in [6, 6.07) is 19.5. The zero-order chi connectivity index (χ0) is 20.6. The Balaban J connectivity index is 0.000000640. The van der Waals surface area contributed by atoms with E-state index in [2.05, 4.69) is 4.98 Å². The van der Waals surface area contributed by atoms with Crippen LogP contribution in [0.1, 0.15) is 23.4 Å². The molecular formula is C20H22N3O4S-. The van der Waals surface area contributed by atoms with Gasteiger partial charge in [0.1, 0.15) is 11.2 Å². The predicted octanol–water partition coefficient (Wildman–Crippen LogP) is 2.39. The second-order valence-corrected chi connectivity index (χ2v) is 6.57. The van der Waals surface area contributed by atoms with E-state index in [1.165, 1.54) is 0 Å². The van der Waals surface area contributed by atoms with Gasteiger partial charge in [-0.1, -0.05) is 60.7 Å². The third-order valence-corrected chi connectivity index (χ3v) is 4.61. The number of hydrogen-bond acceptors (Lipinski definition) is 4. The van der Waals surface area contributed by atoms with E-state index in [0.717, 1.165) is 17.0 Å². The molecule has 8 heteroatoms. The Kier molecular flexibility index (Phi) is 7.62. The highest BCUT2D eigenvalue weighted by atomic mass is 32.2. The normalized spacial score (nSPS) is 12.0. The number of imidazole rings is 1. The van der Waals surface area contributed by atoms with Crippen LogP contribution < -0.4 is 5.73 Å². The molecule has 0 saturated heterocycles. The highest BCUT2D eigenvalue weighted by Gasteiger charge is 2.40. The number of carbonyl (C=O) groups is 1. The molecule has 2 aromatic carbocycles. The molecule has 148 valence electrons. The Hall–Kier alpha value is -2.81. The van der Waals surface area contributed by atoms with Gasteiger partial charge in [0.25, 0.3) is 0 Å². The van der Waals surface area contributed by atoms with Crippen molar-refractivity contribution in [3.63, 3.8) is 0 Å². The van der Waals surface area contributed by atoms with Crippen molar-refractivity contribution < 1.29 is 18.1 Å². The first-order valence-corrected chi connectivity index (χ1v) is 9.58. The average molecular weight is 400 g/mol. The van der Waals surface area contributed by atoms with E-state index in [-0.39, 0.29) is 5.91 Å². The fourth-order valence-electron chi connectivity index (χ4n) is 3.24. The van der Waals surface area contributed by atoms with Crippen molar-refractivity contribution in [2.45, 2.75) is 25.3 Å². The maximum absolute atomic E-state index is 12.7. The summed E-state index contributed by atoms with van der Waals surface area (Å²) >= 11 is -2.86. The molecule has 1 atom stereocenters. The van der Waals surface area contributed by atoms with E-state index < -0.39 is 16.8 Å². The number of benzene rings is 2. The number of primary amides is 1. The summed E-state index contributed by atoms with van der Waals surface area (Å²) in [7, 11) is 0. The van der Waals surface area contributed by atoms with Crippen molar-refractivity contribution in [1.82, 2.24) is 9.55 Å². The third-order valence-electron chi connectivity index (χ3n) is 4.61. The van der Waals surface area contributed by atoms with Crippen LogP contribution in [0.3, 0.4) is 0 Å². The van der Waals surface area contributed by atoms with Crippen LogP contribution in [0.5, 0.6) is 0 Å². The lowest BCUT2D eigenvalue weighted by molar-refractivity contribution is -0.122. The number of hydrogen-bond donors (Lipinski definition) is 2. The minimum atomic E-state index is -2.86. The Morgan fingerprint density at radius 2 is 1.61 bits per heavy atom. The molecule has 0 saturated carbocycles. The molecule has 1 heterocycles. The second kappa shape index (κ2) is 9.93. The summed E-state index contributed by atoms with van der Waals surface area (Å²) in [5, 5.41) is 0. The number of aromatic nitrogens is 2. The van der Waals surface area contributed by atoms with Gasteiger partial charge in [-0.15, -0.1) is 0 Å². The maximum atomic E-state index is 12.7. The zero-order valence-electron chi connectivity index (χ0n) is 15.4. The molecule has 3 aromatic rings. The van der Waals surface area contributed by atoms with E-state index in [1.54, 1.807) is 6.20 Å². The van der Waals surface area contributed by atoms with Gasteiger partial charge in [-0.05, 0) is 24.5 Å². The Morgan fingerprint density at radius 1 is 1.14 bits per heavy atom. The van der Waals surface area contributed by atoms with Crippen molar-refractivity contribution in [2.24, 2.45) is 5.73 Å². The van der Waals surface area contributed by atoms with Crippen LogP contribution in [0.4, 0.5) is 0 Å². The molecule has 7 nitrogen and oxygen atoms in total. The van der Waals surface area contributed by atoms with Crippen LogP contribution in [0.15, 0.2) is 73.1 Å². The van der Waals surface area contributed by atoms with Crippen LogP contribution in [0.2, 0.25) is 0 Å². The number of rotatable bonds is 6. The summed E-state index contributed by atoms with van der Waals surface area (Å²) in [4.78, 5) is 16.9. The Morgan fingerprint density at radius 3 is 1.96 bits per heavy atom. The molecular weight excluding hydrogens is 378 g/mol. The van der Waals surface area contributed by atoms with E-state index in [9.17, 15) is 4.79 Å².